The molecule has 2 heterocycles. The number of non-ortho nitro benzene ring substituents is 1. The number of nitrogens with one attached hydrogen (secondary N) is 1. The second-order valence-corrected chi connectivity index (χ2v) is 7.28. The fourth-order valence-electron chi connectivity index (χ4n) is 2.36. The lowest BCUT2D eigenvalue weighted by Gasteiger charge is -2.14. The molecule has 0 atom stereocenters. The van der Waals surface area contributed by atoms with Crippen molar-refractivity contribution in [3.05, 3.63) is 57.4 Å². The number of hydrogen-bond acceptors (Lipinski definition) is 8. The first kappa shape index (κ1) is 19.6. The van der Waals surface area contributed by atoms with Gasteiger partial charge in [0, 0.05) is 25.1 Å². The van der Waals surface area contributed by atoms with Gasteiger partial charge in [-0.15, -0.1) is 0 Å². The summed E-state index contributed by atoms with van der Waals surface area (Å²) in [7, 11) is 0. The number of thioether (sulfide) groups is 1. The second-order valence-electron chi connectivity index (χ2n) is 5.61. The van der Waals surface area contributed by atoms with Crippen LogP contribution in [0.15, 0.2) is 45.9 Å². The number of phenolic OH excluding ortho intramolecular Hbond substituents is 1. The molecule has 1 saturated heterocycles. The van der Waals surface area contributed by atoms with Crippen LogP contribution in [0, 0.1) is 10.1 Å². The van der Waals surface area contributed by atoms with Crippen LogP contribution in [0.5, 0.6) is 5.75 Å². The number of carbonyl (C=O) groups is 2. The smallest absolute Gasteiger partial charge is 0.273 e. The van der Waals surface area contributed by atoms with E-state index in [9.17, 15) is 24.8 Å². The number of phenols is 1. The third-order valence-corrected chi connectivity index (χ3v) is 5.10. The van der Waals surface area contributed by atoms with Crippen molar-refractivity contribution in [3.8, 4) is 5.75 Å². The van der Waals surface area contributed by atoms with Gasteiger partial charge < -0.3 is 14.8 Å². The Kier molecular flexibility index (Phi) is 5.76. The molecular weight excluding hydrogens is 406 g/mol. The summed E-state index contributed by atoms with van der Waals surface area (Å²) in [5.74, 6) is -0.702. The standard InChI is InChI=1S/C17H13N3O6S2/c21-13-8-10(20(24)25)3-4-12(13)18-15(22)5-6-19-16(23)14(28-17(19)27)9-11-2-1-7-26-11/h1-4,7-9,21H,5-6H2,(H,18,22). The minimum atomic E-state index is -0.656. The molecule has 11 heteroatoms. The summed E-state index contributed by atoms with van der Waals surface area (Å²) < 4.78 is 5.51. The number of thiocarbonyl (C=S) groups is 1. The van der Waals surface area contributed by atoms with Crippen LogP contribution in [-0.4, -0.2) is 37.6 Å². The van der Waals surface area contributed by atoms with E-state index < -0.39 is 16.6 Å². The average molecular weight is 419 g/mol. The van der Waals surface area contributed by atoms with Crippen molar-refractivity contribution < 1.29 is 24.0 Å². The number of hydrogen-bond donors (Lipinski definition) is 2. The minimum absolute atomic E-state index is 0.0405. The predicted molar refractivity (Wildman–Crippen MR) is 107 cm³/mol. The fourth-order valence-corrected chi connectivity index (χ4v) is 3.65. The first-order valence-corrected chi connectivity index (χ1v) is 9.14. The monoisotopic (exact) mass is 419 g/mol. The summed E-state index contributed by atoms with van der Waals surface area (Å²) in [6.07, 6.45) is 3.00. The highest BCUT2D eigenvalue weighted by Crippen LogP contribution is 2.33. The van der Waals surface area contributed by atoms with E-state index in [2.05, 4.69) is 5.32 Å². The van der Waals surface area contributed by atoms with Crippen LogP contribution in [0.4, 0.5) is 11.4 Å². The normalized spacial score (nSPS) is 15.3. The number of nitrogens with zero attached hydrogens (tertiary/aromatic N) is 2. The van der Waals surface area contributed by atoms with Crippen LogP contribution in [0.3, 0.4) is 0 Å². The maximum Gasteiger partial charge on any atom is 0.273 e. The Morgan fingerprint density at radius 3 is 2.86 bits per heavy atom. The van der Waals surface area contributed by atoms with Gasteiger partial charge in [-0.3, -0.25) is 24.6 Å². The van der Waals surface area contributed by atoms with Crippen LogP contribution in [-0.2, 0) is 9.59 Å². The van der Waals surface area contributed by atoms with Crippen molar-refractivity contribution in [1.29, 1.82) is 0 Å². The highest BCUT2D eigenvalue weighted by atomic mass is 32.2. The summed E-state index contributed by atoms with van der Waals surface area (Å²) in [6, 6.07) is 6.74. The highest BCUT2D eigenvalue weighted by Gasteiger charge is 2.32. The third-order valence-electron chi connectivity index (χ3n) is 3.72. The van der Waals surface area contributed by atoms with E-state index in [0.29, 0.717) is 15.0 Å². The van der Waals surface area contributed by atoms with E-state index in [1.165, 1.54) is 17.2 Å². The Morgan fingerprint density at radius 2 is 2.21 bits per heavy atom. The number of benzene rings is 1. The van der Waals surface area contributed by atoms with Gasteiger partial charge in [-0.05, 0) is 18.2 Å². The average Bonchev–Trinajstić information content (AvgIpc) is 3.24. The lowest BCUT2D eigenvalue weighted by atomic mass is 10.2. The Morgan fingerprint density at radius 1 is 1.43 bits per heavy atom. The number of nitro groups is 1. The van der Waals surface area contributed by atoms with Crippen molar-refractivity contribution in [1.82, 2.24) is 4.90 Å². The molecule has 0 radical (unpaired) electrons. The molecule has 2 amide bonds. The highest BCUT2D eigenvalue weighted by molar-refractivity contribution is 8.26. The maximum atomic E-state index is 12.4. The van der Waals surface area contributed by atoms with E-state index in [1.807, 2.05) is 0 Å². The van der Waals surface area contributed by atoms with Crippen LogP contribution in [0.2, 0.25) is 0 Å². The van der Waals surface area contributed by atoms with E-state index >= 15 is 0 Å². The minimum Gasteiger partial charge on any atom is -0.506 e. The molecule has 0 unspecified atom stereocenters. The van der Waals surface area contributed by atoms with E-state index in [4.69, 9.17) is 16.6 Å². The summed E-state index contributed by atoms with van der Waals surface area (Å²) in [5, 5.41) is 22.9. The van der Waals surface area contributed by atoms with Gasteiger partial charge in [-0.25, -0.2) is 0 Å². The topological polar surface area (TPSA) is 126 Å². The summed E-state index contributed by atoms with van der Waals surface area (Å²) in [6.45, 7) is 0.0553. The summed E-state index contributed by atoms with van der Waals surface area (Å²) >= 11 is 6.31. The molecule has 9 nitrogen and oxygen atoms in total. The summed E-state index contributed by atoms with van der Waals surface area (Å²) in [4.78, 5) is 36.3. The van der Waals surface area contributed by atoms with Gasteiger partial charge in [-0.2, -0.15) is 0 Å². The fraction of sp³-hybridized carbons (Fsp3) is 0.118. The second kappa shape index (κ2) is 8.23. The number of furan rings is 1. The molecule has 0 spiro atoms. The Hall–Kier alpha value is -3.18. The number of aromatic hydroxyl groups is 1. The van der Waals surface area contributed by atoms with Crippen LogP contribution < -0.4 is 5.32 Å². The van der Waals surface area contributed by atoms with Crippen molar-refractivity contribution >= 4 is 57.6 Å². The molecule has 1 aliphatic heterocycles. The van der Waals surface area contributed by atoms with E-state index in [1.54, 1.807) is 18.2 Å². The van der Waals surface area contributed by atoms with Crippen LogP contribution in [0.1, 0.15) is 12.2 Å². The van der Waals surface area contributed by atoms with Crippen molar-refractivity contribution in [2.75, 3.05) is 11.9 Å². The lowest BCUT2D eigenvalue weighted by molar-refractivity contribution is -0.384. The van der Waals surface area contributed by atoms with Crippen LogP contribution in [0.25, 0.3) is 6.08 Å². The zero-order chi connectivity index (χ0) is 20.3. The molecular formula is C17H13N3O6S2. The number of nitro benzene ring substituents is 1. The molecule has 1 aromatic carbocycles. The zero-order valence-electron chi connectivity index (χ0n) is 14.2. The Bertz CT molecular complexity index is 987. The third kappa shape index (κ3) is 4.38. The molecule has 0 bridgehead atoms. The predicted octanol–water partition coefficient (Wildman–Crippen LogP) is 3.12. The maximum absolute atomic E-state index is 12.4. The van der Waals surface area contributed by atoms with Crippen LogP contribution >= 0.6 is 24.0 Å². The van der Waals surface area contributed by atoms with Gasteiger partial charge in [0.05, 0.1) is 27.8 Å². The SMILES string of the molecule is O=C(CCN1C(=O)C(=Cc2ccco2)SC1=S)Nc1ccc([N+](=O)[O-])cc1O. The van der Waals surface area contributed by atoms with Gasteiger partial charge in [-0.1, -0.05) is 24.0 Å². The molecule has 0 aliphatic carbocycles. The molecule has 1 fully saturated rings. The molecule has 2 aromatic rings. The number of anilines is 1. The van der Waals surface area contributed by atoms with Gasteiger partial charge in [0.15, 0.2) is 0 Å². The molecule has 3 rings (SSSR count). The first-order chi connectivity index (χ1) is 13.3. The molecule has 2 N–H and O–H groups in total. The van der Waals surface area contributed by atoms with E-state index in [0.717, 1.165) is 23.9 Å². The number of amides is 2. The molecule has 1 aliphatic rings. The Labute approximate surface area is 168 Å². The zero-order valence-corrected chi connectivity index (χ0v) is 15.8. The van der Waals surface area contributed by atoms with Gasteiger partial charge in [0.2, 0.25) is 5.91 Å². The molecule has 0 saturated carbocycles. The quantitative estimate of drug-likeness (QED) is 0.240. The molecule has 144 valence electrons. The van der Waals surface area contributed by atoms with Gasteiger partial charge in [0.1, 0.15) is 15.8 Å². The van der Waals surface area contributed by atoms with Crippen molar-refractivity contribution in [2.45, 2.75) is 6.42 Å². The van der Waals surface area contributed by atoms with Crippen molar-refractivity contribution in [3.63, 3.8) is 0 Å². The van der Waals surface area contributed by atoms with Gasteiger partial charge in [0.25, 0.3) is 11.6 Å². The molecule has 1 aromatic heterocycles. The summed E-state index contributed by atoms with van der Waals surface area (Å²) in [5.41, 5.74) is -0.255. The molecule has 28 heavy (non-hydrogen) atoms. The largest absolute Gasteiger partial charge is 0.506 e. The number of rotatable bonds is 6. The number of carbonyl (C=O) groups excluding carboxylic acids is 2. The van der Waals surface area contributed by atoms with E-state index in [-0.39, 0.29) is 30.2 Å². The van der Waals surface area contributed by atoms with Gasteiger partial charge >= 0.3 is 0 Å². The van der Waals surface area contributed by atoms with Crippen molar-refractivity contribution in [2.24, 2.45) is 0 Å². The first-order valence-electron chi connectivity index (χ1n) is 7.91. The Balaban J connectivity index is 1.59. The lowest BCUT2D eigenvalue weighted by Crippen LogP contribution is -2.31.